The average Bonchev–Trinajstić information content (AvgIpc) is 3.31. The van der Waals surface area contributed by atoms with E-state index in [1.165, 1.54) is 15.6 Å². The van der Waals surface area contributed by atoms with Crippen molar-refractivity contribution in [3.63, 3.8) is 0 Å². The van der Waals surface area contributed by atoms with E-state index in [2.05, 4.69) is 5.32 Å². The number of carbonyl (C=O) groups is 1. The van der Waals surface area contributed by atoms with Crippen molar-refractivity contribution >= 4 is 54.5 Å². The average molecular weight is 438 g/mol. The molecule has 1 unspecified atom stereocenters. The van der Waals surface area contributed by atoms with Crippen molar-refractivity contribution in [1.29, 1.82) is 0 Å². The smallest absolute Gasteiger partial charge is 0.307 e. The molecule has 148 valence electrons. The van der Waals surface area contributed by atoms with Crippen LogP contribution in [0.25, 0.3) is 10.2 Å². The molecular weight excluding hydrogens is 418 g/mol. The van der Waals surface area contributed by atoms with Gasteiger partial charge in [0.2, 0.25) is 5.91 Å². The molecule has 1 aliphatic rings. The van der Waals surface area contributed by atoms with Gasteiger partial charge in [0.05, 0.1) is 16.1 Å². The summed E-state index contributed by atoms with van der Waals surface area (Å²) in [4.78, 5) is 24.5. The van der Waals surface area contributed by atoms with Gasteiger partial charge in [0.1, 0.15) is 4.21 Å². The van der Waals surface area contributed by atoms with Gasteiger partial charge in [-0.15, -0.1) is 11.3 Å². The Morgan fingerprint density at radius 3 is 2.86 bits per heavy atom. The second-order valence-corrected chi connectivity index (χ2v) is 10.8. The maximum atomic E-state index is 12.7. The summed E-state index contributed by atoms with van der Waals surface area (Å²) >= 11 is 2.31. The molecule has 7 nitrogen and oxygen atoms in total. The van der Waals surface area contributed by atoms with Crippen LogP contribution in [0.3, 0.4) is 0 Å². The molecule has 1 atom stereocenters. The summed E-state index contributed by atoms with van der Waals surface area (Å²) < 4.78 is 29.5. The maximum Gasteiger partial charge on any atom is 0.307 e. The van der Waals surface area contributed by atoms with Gasteiger partial charge in [0, 0.05) is 25.8 Å². The van der Waals surface area contributed by atoms with Gasteiger partial charge < -0.3 is 9.88 Å². The lowest BCUT2D eigenvalue weighted by Crippen LogP contribution is -2.43. The van der Waals surface area contributed by atoms with Gasteiger partial charge in [0.25, 0.3) is 10.0 Å². The summed E-state index contributed by atoms with van der Waals surface area (Å²) in [6.45, 7) is 0.598. The number of thiazole rings is 1. The van der Waals surface area contributed by atoms with Crippen molar-refractivity contribution in [3.05, 3.63) is 45.4 Å². The Labute approximate surface area is 170 Å². The minimum absolute atomic E-state index is 0.0554. The molecule has 4 rings (SSSR count). The van der Waals surface area contributed by atoms with Crippen LogP contribution in [-0.2, 0) is 21.9 Å². The molecule has 1 amide bonds. The number of anilines is 1. The number of thiophene rings is 1. The van der Waals surface area contributed by atoms with Crippen LogP contribution in [0.1, 0.15) is 12.8 Å². The minimum Gasteiger partial charge on any atom is -0.326 e. The van der Waals surface area contributed by atoms with Crippen LogP contribution < -0.4 is 10.2 Å². The van der Waals surface area contributed by atoms with Gasteiger partial charge in [-0.25, -0.2) is 8.42 Å². The molecule has 3 heterocycles. The predicted molar refractivity (Wildman–Crippen MR) is 111 cm³/mol. The summed E-state index contributed by atoms with van der Waals surface area (Å²) in [5.41, 5.74) is 1.43. The Kier molecular flexibility index (Phi) is 5.13. The number of aryl methyl sites for hydroxylation is 1. The molecule has 3 aromatic rings. The van der Waals surface area contributed by atoms with Gasteiger partial charge in [-0.3, -0.25) is 9.59 Å². The molecule has 0 radical (unpaired) electrons. The number of sulfonamides is 1. The highest BCUT2D eigenvalue weighted by Gasteiger charge is 2.33. The summed E-state index contributed by atoms with van der Waals surface area (Å²) in [5.74, 6) is -0.609. The normalized spacial score (nSPS) is 18.4. The quantitative estimate of drug-likeness (QED) is 0.680. The lowest BCUT2D eigenvalue weighted by atomic mass is 9.98. The lowest BCUT2D eigenvalue weighted by Gasteiger charge is -2.30. The first-order chi connectivity index (χ1) is 13.4. The highest BCUT2D eigenvalue weighted by Crippen LogP contribution is 2.27. The zero-order chi connectivity index (χ0) is 19.9. The van der Waals surface area contributed by atoms with Crippen molar-refractivity contribution in [2.24, 2.45) is 13.0 Å². The number of piperidine rings is 1. The molecule has 0 bridgehead atoms. The van der Waals surface area contributed by atoms with E-state index in [9.17, 15) is 18.0 Å². The first-order valence-corrected chi connectivity index (χ1v) is 11.9. The zero-order valence-corrected chi connectivity index (χ0v) is 17.6. The van der Waals surface area contributed by atoms with Gasteiger partial charge in [0.15, 0.2) is 0 Å². The van der Waals surface area contributed by atoms with E-state index < -0.39 is 15.9 Å². The van der Waals surface area contributed by atoms with Gasteiger partial charge in [-0.05, 0) is 42.5 Å². The number of rotatable bonds is 4. The largest absolute Gasteiger partial charge is 0.326 e. The third kappa shape index (κ3) is 3.52. The standard InChI is InChI=1S/C18H19N3O4S3/c1-20-14-7-6-13(10-15(14)27-18(20)23)19-17(22)12-4-2-8-21(11-12)28(24,25)16-5-3-9-26-16/h3,5-7,9-10,12H,2,4,8,11H2,1H3,(H,19,22). The molecule has 28 heavy (non-hydrogen) atoms. The summed E-state index contributed by atoms with van der Waals surface area (Å²) in [6.07, 6.45) is 1.28. The Balaban J connectivity index is 1.50. The van der Waals surface area contributed by atoms with Gasteiger partial charge in [-0.2, -0.15) is 4.31 Å². The van der Waals surface area contributed by atoms with E-state index in [-0.39, 0.29) is 17.3 Å². The van der Waals surface area contributed by atoms with E-state index in [1.807, 2.05) is 0 Å². The second kappa shape index (κ2) is 7.43. The van der Waals surface area contributed by atoms with Crippen LogP contribution in [0, 0.1) is 5.92 Å². The SMILES string of the molecule is Cn1c(=O)sc2cc(NC(=O)C3CCCN(S(=O)(=O)c4cccs4)C3)ccc21. The van der Waals surface area contributed by atoms with E-state index in [1.54, 1.807) is 47.3 Å². The van der Waals surface area contributed by atoms with Crippen molar-refractivity contribution in [2.75, 3.05) is 18.4 Å². The summed E-state index contributed by atoms with van der Waals surface area (Å²) in [6, 6.07) is 8.64. The van der Waals surface area contributed by atoms with E-state index in [0.29, 0.717) is 29.3 Å². The third-order valence-corrected chi connectivity index (χ3v) is 9.14. The first-order valence-electron chi connectivity index (χ1n) is 8.80. The predicted octanol–water partition coefficient (Wildman–Crippen LogP) is 2.70. The molecule has 1 saturated heterocycles. The second-order valence-electron chi connectivity index (χ2n) is 6.73. The lowest BCUT2D eigenvalue weighted by molar-refractivity contribution is -0.120. The number of hydrogen-bond acceptors (Lipinski definition) is 6. The number of amides is 1. The summed E-state index contributed by atoms with van der Waals surface area (Å²) in [5, 5.41) is 4.61. The van der Waals surface area contributed by atoms with Crippen LogP contribution in [0.15, 0.2) is 44.7 Å². The molecule has 0 spiro atoms. The number of hydrogen-bond donors (Lipinski definition) is 1. The highest BCUT2D eigenvalue weighted by atomic mass is 32.2. The van der Waals surface area contributed by atoms with Crippen molar-refractivity contribution in [1.82, 2.24) is 8.87 Å². The highest BCUT2D eigenvalue weighted by molar-refractivity contribution is 7.91. The van der Waals surface area contributed by atoms with Gasteiger partial charge >= 0.3 is 4.87 Å². The zero-order valence-electron chi connectivity index (χ0n) is 15.1. The molecule has 2 aromatic heterocycles. The van der Waals surface area contributed by atoms with E-state index in [0.717, 1.165) is 21.6 Å². The molecule has 1 N–H and O–H groups in total. The monoisotopic (exact) mass is 437 g/mol. The molecule has 10 heteroatoms. The first kappa shape index (κ1) is 19.3. The number of nitrogens with one attached hydrogen (secondary N) is 1. The molecule has 1 fully saturated rings. The number of nitrogens with zero attached hydrogens (tertiary/aromatic N) is 2. The number of carbonyl (C=O) groups excluding carboxylic acids is 1. The molecule has 1 aliphatic heterocycles. The van der Waals surface area contributed by atoms with Crippen LogP contribution in [0.5, 0.6) is 0 Å². The van der Waals surface area contributed by atoms with Crippen LogP contribution >= 0.6 is 22.7 Å². The van der Waals surface area contributed by atoms with Gasteiger partial charge in [-0.1, -0.05) is 17.4 Å². The minimum atomic E-state index is -3.55. The van der Waals surface area contributed by atoms with Crippen molar-refractivity contribution in [3.8, 4) is 0 Å². The van der Waals surface area contributed by atoms with Crippen LogP contribution in [0.4, 0.5) is 5.69 Å². The molecule has 0 saturated carbocycles. The fourth-order valence-corrected chi connectivity index (χ4v) is 6.96. The van der Waals surface area contributed by atoms with Crippen LogP contribution in [0.2, 0.25) is 0 Å². The van der Waals surface area contributed by atoms with Crippen molar-refractivity contribution in [2.45, 2.75) is 17.1 Å². The Morgan fingerprint density at radius 2 is 2.11 bits per heavy atom. The molecule has 0 aliphatic carbocycles. The topological polar surface area (TPSA) is 88.5 Å². The number of aromatic nitrogens is 1. The summed E-state index contributed by atoms with van der Waals surface area (Å²) in [7, 11) is -1.84. The Bertz CT molecular complexity index is 1180. The molecule has 1 aromatic carbocycles. The van der Waals surface area contributed by atoms with Crippen LogP contribution in [-0.4, -0.2) is 36.3 Å². The van der Waals surface area contributed by atoms with Crippen molar-refractivity contribution < 1.29 is 13.2 Å². The Hall–Kier alpha value is -2.01. The maximum absolute atomic E-state index is 12.7. The fourth-order valence-electron chi connectivity index (χ4n) is 3.37. The molecular formula is C18H19N3O4S3. The number of benzene rings is 1. The third-order valence-electron chi connectivity index (χ3n) is 4.90. The van der Waals surface area contributed by atoms with E-state index in [4.69, 9.17) is 0 Å². The Morgan fingerprint density at radius 1 is 1.29 bits per heavy atom. The number of fused-ring (bicyclic) bond motifs is 1. The van der Waals surface area contributed by atoms with E-state index >= 15 is 0 Å². The fraction of sp³-hybridized carbons (Fsp3) is 0.333.